The van der Waals surface area contributed by atoms with Crippen molar-refractivity contribution in [1.82, 2.24) is 0 Å². The second-order valence-corrected chi connectivity index (χ2v) is 4.06. The molecule has 3 heteroatoms. The van der Waals surface area contributed by atoms with Gasteiger partial charge in [-0.15, -0.1) is 0 Å². The molecule has 2 unspecified atom stereocenters. The van der Waals surface area contributed by atoms with Crippen LogP contribution in [0.3, 0.4) is 0 Å². The van der Waals surface area contributed by atoms with Crippen molar-refractivity contribution in [2.75, 3.05) is 0 Å². The molecular formula is C14H12N2O. The van der Waals surface area contributed by atoms with Crippen LogP contribution in [0, 0.1) is 5.21 Å². The fourth-order valence-electron chi connectivity index (χ4n) is 2.20. The number of nitrogens with zero attached hydrogens (tertiary/aromatic N) is 1. The van der Waals surface area contributed by atoms with Crippen LogP contribution in [0.15, 0.2) is 59.6 Å². The molecule has 3 rings (SSSR count). The third-order valence-corrected chi connectivity index (χ3v) is 3.00. The van der Waals surface area contributed by atoms with Gasteiger partial charge in [-0.05, 0) is 6.07 Å². The van der Waals surface area contributed by atoms with Crippen molar-refractivity contribution in [1.29, 1.82) is 0 Å². The lowest BCUT2D eigenvalue weighted by Gasteiger charge is -2.31. The van der Waals surface area contributed by atoms with Crippen molar-refractivity contribution < 1.29 is 5.06 Å². The largest absolute Gasteiger partial charge is 0.627 e. The average Bonchev–Trinajstić information content (AvgIpc) is 2.39. The van der Waals surface area contributed by atoms with Crippen LogP contribution in [0.2, 0.25) is 0 Å². The van der Waals surface area contributed by atoms with Crippen molar-refractivity contribution in [3.05, 3.63) is 70.9 Å². The summed E-state index contributed by atoms with van der Waals surface area (Å²) in [7, 11) is 0. The number of hydrogen-bond donors (Lipinski definition) is 1. The van der Waals surface area contributed by atoms with Gasteiger partial charge in [0.05, 0.1) is 5.69 Å². The Balaban J connectivity index is 2.13. The van der Waals surface area contributed by atoms with E-state index in [4.69, 9.17) is 0 Å². The first-order chi connectivity index (χ1) is 8.36. The van der Waals surface area contributed by atoms with E-state index in [0.717, 1.165) is 16.8 Å². The highest BCUT2D eigenvalue weighted by Crippen LogP contribution is 2.29. The summed E-state index contributed by atoms with van der Waals surface area (Å²) in [5, 5.41) is 12.1. The second kappa shape index (κ2) is 4.13. The van der Waals surface area contributed by atoms with Crippen molar-refractivity contribution in [3.63, 3.8) is 0 Å². The van der Waals surface area contributed by atoms with E-state index in [1.54, 1.807) is 0 Å². The maximum atomic E-state index is 12.0. The normalized spacial score (nSPS) is 22.2. The zero-order chi connectivity index (χ0) is 11.7. The molecule has 0 saturated carbocycles. The Hall–Kier alpha value is -1.97. The van der Waals surface area contributed by atoms with Gasteiger partial charge in [0.2, 0.25) is 0 Å². The lowest BCUT2D eigenvalue weighted by molar-refractivity contribution is -0.772. The Kier molecular flexibility index (Phi) is 2.48. The van der Waals surface area contributed by atoms with Crippen LogP contribution in [-0.2, 0) is 0 Å². The summed E-state index contributed by atoms with van der Waals surface area (Å²) in [6, 6.07) is 17.4. The third kappa shape index (κ3) is 1.75. The Morgan fingerprint density at radius 2 is 1.65 bits per heavy atom. The summed E-state index contributed by atoms with van der Waals surface area (Å²) in [4.78, 5) is 4.18. The highest BCUT2D eigenvalue weighted by molar-refractivity contribution is 5.62. The molecule has 0 bridgehead atoms. The minimum Gasteiger partial charge on any atom is -0.627 e. The molecule has 0 amide bonds. The number of aliphatic imine (C=N–C) groups is 1. The van der Waals surface area contributed by atoms with Gasteiger partial charge in [-0.25, -0.2) is 4.99 Å². The molecule has 84 valence electrons. The molecule has 2 atom stereocenters. The van der Waals surface area contributed by atoms with Gasteiger partial charge in [0.25, 0.3) is 0 Å². The van der Waals surface area contributed by atoms with Gasteiger partial charge in [-0.2, -0.15) is 0 Å². The van der Waals surface area contributed by atoms with Gasteiger partial charge in [-0.1, -0.05) is 48.5 Å². The number of benzene rings is 2. The van der Waals surface area contributed by atoms with Gasteiger partial charge in [0.1, 0.15) is 6.04 Å². The highest BCUT2D eigenvalue weighted by atomic mass is 16.5. The Morgan fingerprint density at radius 3 is 2.47 bits per heavy atom. The SMILES string of the molecule is [O-][NH+]1C=Nc2ccccc2C1c1ccccc1. The number of hydroxylamine groups is 2. The van der Waals surface area contributed by atoms with Crippen LogP contribution < -0.4 is 5.06 Å². The fourth-order valence-corrected chi connectivity index (χ4v) is 2.20. The van der Waals surface area contributed by atoms with Gasteiger partial charge in [-0.3, -0.25) is 0 Å². The molecule has 0 fully saturated rings. The molecular weight excluding hydrogens is 212 g/mol. The Bertz CT molecular complexity index is 551. The highest BCUT2D eigenvalue weighted by Gasteiger charge is 2.25. The molecule has 0 saturated heterocycles. The molecule has 3 nitrogen and oxygen atoms in total. The Morgan fingerprint density at radius 1 is 0.941 bits per heavy atom. The van der Waals surface area contributed by atoms with Crippen LogP contribution in [0.4, 0.5) is 5.69 Å². The van der Waals surface area contributed by atoms with Crippen LogP contribution in [0.5, 0.6) is 0 Å². The van der Waals surface area contributed by atoms with Crippen LogP contribution >= 0.6 is 0 Å². The van der Waals surface area contributed by atoms with Gasteiger partial charge >= 0.3 is 0 Å². The summed E-state index contributed by atoms with van der Waals surface area (Å²) in [6.07, 6.45) is 1.43. The van der Waals surface area contributed by atoms with Crippen LogP contribution in [0.1, 0.15) is 17.2 Å². The van der Waals surface area contributed by atoms with Gasteiger partial charge < -0.3 is 10.3 Å². The van der Waals surface area contributed by atoms with E-state index in [0.29, 0.717) is 0 Å². The van der Waals surface area contributed by atoms with E-state index in [9.17, 15) is 5.21 Å². The van der Waals surface area contributed by atoms with Crippen LogP contribution in [0.25, 0.3) is 0 Å². The van der Waals surface area contributed by atoms with Crippen molar-refractivity contribution >= 4 is 12.0 Å². The van der Waals surface area contributed by atoms with Gasteiger partial charge in [0, 0.05) is 11.1 Å². The summed E-state index contributed by atoms with van der Waals surface area (Å²) in [5.41, 5.74) is 2.91. The molecule has 1 N–H and O–H groups in total. The summed E-state index contributed by atoms with van der Waals surface area (Å²) in [5.74, 6) is 0. The lowest BCUT2D eigenvalue weighted by atomic mass is 9.96. The maximum Gasteiger partial charge on any atom is 0.189 e. The zero-order valence-corrected chi connectivity index (χ0v) is 9.21. The number of nitrogens with one attached hydrogen (secondary N) is 1. The summed E-state index contributed by atoms with van der Waals surface area (Å²) in [6.45, 7) is 0. The predicted octanol–water partition coefficient (Wildman–Crippen LogP) is 1.83. The topological polar surface area (TPSA) is 39.9 Å². The number of hydrogen-bond acceptors (Lipinski definition) is 2. The van der Waals surface area contributed by atoms with Crippen molar-refractivity contribution in [2.45, 2.75) is 6.04 Å². The molecule has 17 heavy (non-hydrogen) atoms. The molecule has 0 spiro atoms. The van der Waals surface area contributed by atoms with E-state index in [1.165, 1.54) is 6.34 Å². The molecule has 2 aromatic rings. The predicted molar refractivity (Wildman–Crippen MR) is 67.2 cm³/mol. The van der Waals surface area contributed by atoms with Crippen molar-refractivity contribution in [3.8, 4) is 0 Å². The molecule has 2 aromatic carbocycles. The van der Waals surface area contributed by atoms with E-state index in [2.05, 4.69) is 4.99 Å². The Labute approximate surface area is 99.6 Å². The molecule has 0 radical (unpaired) electrons. The van der Waals surface area contributed by atoms with E-state index < -0.39 is 0 Å². The zero-order valence-electron chi connectivity index (χ0n) is 9.21. The first-order valence-corrected chi connectivity index (χ1v) is 5.58. The quantitative estimate of drug-likeness (QED) is 0.737. The fraction of sp³-hybridized carbons (Fsp3) is 0.0714. The number of para-hydroxylation sites is 1. The van der Waals surface area contributed by atoms with E-state index in [-0.39, 0.29) is 11.1 Å². The number of fused-ring (bicyclic) bond motifs is 1. The van der Waals surface area contributed by atoms with E-state index in [1.807, 2.05) is 54.6 Å². The lowest BCUT2D eigenvalue weighted by Crippen LogP contribution is -3.07. The van der Waals surface area contributed by atoms with E-state index >= 15 is 0 Å². The number of rotatable bonds is 1. The molecule has 1 aliphatic heterocycles. The van der Waals surface area contributed by atoms with Crippen molar-refractivity contribution in [2.24, 2.45) is 4.99 Å². The first-order valence-electron chi connectivity index (χ1n) is 5.58. The second-order valence-electron chi connectivity index (χ2n) is 4.06. The molecule has 1 heterocycles. The maximum absolute atomic E-state index is 12.0. The molecule has 1 aliphatic rings. The molecule has 0 aliphatic carbocycles. The van der Waals surface area contributed by atoms with Crippen LogP contribution in [-0.4, -0.2) is 6.34 Å². The van der Waals surface area contributed by atoms with Gasteiger partial charge in [0.15, 0.2) is 6.34 Å². The standard InChI is InChI=1S/C14H12N2O/c17-16-10-15-13-9-5-4-8-12(13)14(16)11-6-2-1-3-7-11/h1-10,14,16H. The summed E-state index contributed by atoms with van der Waals surface area (Å²) >= 11 is 0. The first kappa shape index (κ1) is 10.2. The third-order valence-electron chi connectivity index (χ3n) is 3.00. The minimum absolute atomic E-state index is 0.0508. The minimum atomic E-state index is -0.204. The monoisotopic (exact) mass is 224 g/mol. The summed E-state index contributed by atoms with van der Waals surface area (Å²) < 4.78 is 0. The molecule has 0 aromatic heterocycles. The number of quaternary nitrogens is 1. The smallest absolute Gasteiger partial charge is 0.189 e. The average molecular weight is 224 g/mol.